The van der Waals surface area contributed by atoms with Gasteiger partial charge in [0.25, 0.3) is 0 Å². The second-order valence-electron chi connectivity index (χ2n) is 3.05. The van der Waals surface area contributed by atoms with Gasteiger partial charge in [-0.3, -0.25) is 4.98 Å². The van der Waals surface area contributed by atoms with E-state index in [0.29, 0.717) is 16.2 Å². The lowest BCUT2D eigenvalue weighted by atomic mass is 10.4. The zero-order chi connectivity index (χ0) is 12.7. The van der Waals surface area contributed by atoms with Crippen LogP contribution in [0, 0.1) is 0 Å². The van der Waals surface area contributed by atoms with E-state index in [-0.39, 0.29) is 0 Å². The molecular formula is C10H13BrN6. The topological polar surface area (TPSA) is 104 Å². The Morgan fingerprint density at radius 2 is 1.53 bits per heavy atom. The summed E-state index contributed by atoms with van der Waals surface area (Å²) < 4.78 is 0.701. The van der Waals surface area contributed by atoms with E-state index in [1.54, 1.807) is 18.6 Å². The molecule has 0 bridgehead atoms. The van der Waals surface area contributed by atoms with Gasteiger partial charge in [-0.1, -0.05) is 6.92 Å². The molecule has 6 nitrogen and oxygen atoms in total. The first-order chi connectivity index (χ1) is 8.11. The fourth-order valence-corrected chi connectivity index (χ4v) is 1.07. The lowest BCUT2D eigenvalue weighted by Gasteiger charge is -1.92. The Hall–Kier alpha value is -1.76. The van der Waals surface area contributed by atoms with Crippen molar-refractivity contribution >= 4 is 27.6 Å². The second kappa shape index (κ2) is 6.74. The first-order valence-electron chi connectivity index (χ1n) is 4.91. The Labute approximate surface area is 108 Å². The van der Waals surface area contributed by atoms with Gasteiger partial charge in [-0.15, -0.1) is 0 Å². The third kappa shape index (κ3) is 5.21. The molecule has 0 saturated carbocycles. The summed E-state index contributed by atoms with van der Waals surface area (Å²) in [5.74, 6) is 0.917. The van der Waals surface area contributed by atoms with E-state index in [9.17, 15) is 0 Å². The summed E-state index contributed by atoms with van der Waals surface area (Å²) in [4.78, 5) is 15.4. The van der Waals surface area contributed by atoms with Gasteiger partial charge in [-0.25, -0.2) is 15.0 Å². The maximum Gasteiger partial charge on any atom is 0.141 e. The highest BCUT2D eigenvalue weighted by atomic mass is 79.9. The van der Waals surface area contributed by atoms with Crippen molar-refractivity contribution in [3.8, 4) is 0 Å². The fourth-order valence-electron chi connectivity index (χ4n) is 0.870. The summed E-state index contributed by atoms with van der Waals surface area (Å²) in [7, 11) is 0. The normalized spacial score (nSPS) is 9.29. The Bertz CT molecular complexity index is 420. The number of anilines is 2. The van der Waals surface area contributed by atoms with Gasteiger partial charge in [0.15, 0.2) is 0 Å². The predicted octanol–water partition coefficient (Wildman–Crippen LogP) is 1.44. The van der Waals surface area contributed by atoms with E-state index in [2.05, 4.69) is 35.9 Å². The lowest BCUT2D eigenvalue weighted by Crippen LogP contribution is -1.93. The third-order valence-corrected chi connectivity index (χ3v) is 2.14. The molecule has 0 amide bonds. The monoisotopic (exact) mass is 296 g/mol. The first-order valence-corrected chi connectivity index (χ1v) is 5.70. The number of nitrogen functional groups attached to an aromatic ring is 2. The van der Waals surface area contributed by atoms with Gasteiger partial charge in [0.2, 0.25) is 0 Å². The van der Waals surface area contributed by atoms with E-state index in [4.69, 9.17) is 11.5 Å². The zero-order valence-electron chi connectivity index (χ0n) is 9.34. The van der Waals surface area contributed by atoms with Crippen LogP contribution >= 0.6 is 15.9 Å². The van der Waals surface area contributed by atoms with E-state index < -0.39 is 0 Å². The Balaban J connectivity index is 0.000000171. The number of halogens is 1. The van der Waals surface area contributed by atoms with Crippen LogP contribution in [0.2, 0.25) is 0 Å². The maximum atomic E-state index is 5.31. The second-order valence-corrected chi connectivity index (χ2v) is 3.86. The number of hydrogen-bond donors (Lipinski definition) is 2. The SMILES string of the molecule is CCc1cnc(N)cn1.Nc1cnc(Br)cn1. The molecule has 0 saturated heterocycles. The van der Waals surface area contributed by atoms with Crippen molar-refractivity contribution in [1.82, 2.24) is 19.9 Å². The number of aromatic nitrogens is 4. The summed E-state index contributed by atoms with van der Waals surface area (Å²) >= 11 is 3.12. The van der Waals surface area contributed by atoms with Crippen molar-refractivity contribution in [2.45, 2.75) is 13.3 Å². The molecule has 2 heterocycles. The predicted molar refractivity (Wildman–Crippen MR) is 70.0 cm³/mol. The van der Waals surface area contributed by atoms with Gasteiger partial charge in [-0.05, 0) is 22.4 Å². The van der Waals surface area contributed by atoms with Crippen molar-refractivity contribution in [1.29, 1.82) is 0 Å². The van der Waals surface area contributed by atoms with Crippen LogP contribution in [0.15, 0.2) is 29.4 Å². The van der Waals surface area contributed by atoms with Gasteiger partial charge in [0.1, 0.15) is 16.2 Å². The Morgan fingerprint density at radius 1 is 0.941 bits per heavy atom. The number of nitrogens with zero attached hydrogens (tertiary/aromatic N) is 4. The van der Waals surface area contributed by atoms with Crippen molar-refractivity contribution in [3.63, 3.8) is 0 Å². The summed E-state index contributed by atoms with van der Waals surface area (Å²) in [6.45, 7) is 2.03. The first kappa shape index (κ1) is 13.3. The molecule has 0 aliphatic carbocycles. The molecule has 0 atom stereocenters. The quantitative estimate of drug-likeness (QED) is 0.825. The molecule has 90 valence electrons. The Morgan fingerprint density at radius 3 is 1.88 bits per heavy atom. The smallest absolute Gasteiger partial charge is 0.141 e. The summed E-state index contributed by atoms with van der Waals surface area (Å²) in [6.07, 6.45) is 7.21. The highest BCUT2D eigenvalue weighted by Crippen LogP contribution is 2.02. The summed E-state index contributed by atoms with van der Waals surface area (Å²) in [5, 5.41) is 0. The number of nitrogens with two attached hydrogens (primary N) is 2. The minimum absolute atomic E-state index is 0.438. The van der Waals surface area contributed by atoms with Gasteiger partial charge >= 0.3 is 0 Å². The molecule has 0 spiro atoms. The molecule has 2 aromatic rings. The van der Waals surface area contributed by atoms with Crippen molar-refractivity contribution in [2.24, 2.45) is 0 Å². The van der Waals surface area contributed by atoms with Crippen LogP contribution in [-0.2, 0) is 6.42 Å². The number of hydrogen-bond acceptors (Lipinski definition) is 6. The molecule has 17 heavy (non-hydrogen) atoms. The van der Waals surface area contributed by atoms with E-state index in [0.717, 1.165) is 12.1 Å². The molecule has 0 aromatic carbocycles. The lowest BCUT2D eigenvalue weighted by molar-refractivity contribution is 1.00. The van der Waals surface area contributed by atoms with Gasteiger partial charge < -0.3 is 11.5 Å². The minimum Gasteiger partial charge on any atom is -0.382 e. The fraction of sp³-hybridized carbons (Fsp3) is 0.200. The molecule has 4 N–H and O–H groups in total. The van der Waals surface area contributed by atoms with Gasteiger partial charge in [0, 0.05) is 0 Å². The molecule has 2 rings (SSSR count). The van der Waals surface area contributed by atoms with Crippen LogP contribution in [0.4, 0.5) is 11.6 Å². The average Bonchev–Trinajstić information content (AvgIpc) is 2.35. The zero-order valence-corrected chi connectivity index (χ0v) is 10.9. The maximum absolute atomic E-state index is 5.31. The molecule has 0 unspecified atom stereocenters. The summed E-state index contributed by atoms with van der Waals surface area (Å²) in [6, 6.07) is 0. The molecule has 0 fully saturated rings. The van der Waals surface area contributed by atoms with E-state index >= 15 is 0 Å². The highest BCUT2D eigenvalue weighted by Gasteiger charge is 1.88. The molecule has 7 heteroatoms. The van der Waals surface area contributed by atoms with E-state index in [1.165, 1.54) is 6.20 Å². The third-order valence-electron chi connectivity index (χ3n) is 1.73. The molecule has 0 aliphatic rings. The average molecular weight is 297 g/mol. The molecule has 0 radical (unpaired) electrons. The van der Waals surface area contributed by atoms with Crippen LogP contribution in [0.3, 0.4) is 0 Å². The van der Waals surface area contributed by atoms with Crippen LogP contribution in [0.1, 0.15) is 12.6 Å². The summed E-state index contributed by atoms with van der Waals surface area (Å²) in [5.41, 5.74) is 11.5. The highest BCUT2D eigenvalue weighted by molar-refractivity contribution is 9.10. The number of aryl methyl sites for hydroxylation is 1. The largest absolute Gasteiger partial charge is 0.382 e. The van der Waals surface area contributed by atoms with Gasteiger partial charge in [-0.2, -0.15) is 0 Å². The van der Waals surface area contributed by atoms with Crippen LogP contribution in [0.5, 0.6) is 0 Å². The standard InChI is InChI=1S/C6H9N3.C4H4BrN3/c1-2-5-3-9-6(7)4-8-5;5-3-1-8-4(6)2-7-3/h3-4H,2H2,1H3,(H2,7,9);1-2H,(H2,6,8). The molecular weight excluding hydrogens is 284 g/mol. The molecule has 0 aliphatic heterocycles. The van der Waals surface area contributed by atoms with Crippen LogP contribution < -0.4 is 11.5 Å². The van der Waals surface area contributed by atoms with Crippen molar-refractivity contribution < 1.29 is 0 Å². The number of rotatable bonds is 1. The molecule has 2 aromatic heterocycles. The van der Waals surface area contributed by atoms with Crippen molar-refractivity contribution in [3.05, 3.63) is 35.1 Å². The minimum atomic E-state index is 0.438. The van der Waals surface area contributed by atoms with E-state index in [1.807, 2.05) is 6.92 Å². The van der Waals surface area contributed by atoms with Gasteiger partial charge in [0.05, 0.1) is 30.5 Å². The van der Waals surface area contributed by atoms with Crippen molar-refractivity contribution in [2.75, 3.05) is 11.5 Å². The van der Waals surface area contributed by atoms with Crippen LogP contribution in [-0.4, -0.2) is 19.9 Å². The Kier molecular flexibility index (Phi) is 5.28. The van der Waals surface area contributed by atoms with Crippen LogP contribution in [0.25, 0.3) is 0 Å².